The third-order valence-electron chi connectivity index (χ3n) is 7.07. The van der Waals surface area contributed by atoms with E-state index < -0.39 is 0 Å². The molecule has 1 saturated heterocycles. The Labute approximate surface area is 177 Å². The van der Waals surface area contributed by atoms with Gasteiger partial charge in [0.2, 0.25) is 5.91 Å². The number of urea groups is 1. The summed E-state index contributed by atoms with van der Waals surface area (Å²) < 4.78 is 0. The van der Waals surface area contributed by atoms with Gasteiger partial charge in [-0.2, -0.15) is 0 Å². The highest BCUT2D eigenvalue weighted by atomic mass is 16.2. The van der Waals surface area contributed by atoms with Crippen molar-refractivity contribution in [3.05, 3.63) is 23.8 Å². The van der Waals surface area contributed by atoms with Gasteiger partial charge in [-0.1, -0.05) is 12.8 Å². The van der Waals surface area contributed by atoms with Crippen molar-refractivity contribution in [2.45, 2.75) is 45.1 Å². The van der Waals surface area contributed by atoms with E-state index in [4.69, 9.17) is 0 Å². The van der Waals surface area contributed by atoms with Gasteiger partial charge >= 0.3 is 6.03 Å². The van der Waals surface area contributed by atoms with Gasteiger partial charge < -0.3 is 15.1 Å². The fourth-order valence-corrected chi connectivity index (χ4v) is 4.88. The monoisotopic (exact) mass is 410 g/mol. The van der Waals surface area contributed by atoms with Crippen molar-refractivity contribution in [1.82, 2.24) is 9.80 Å². The van der Waals surface area contributed by atoms with Gasteiger partial charge in [0.05, 0.1) is 11.4 Å². The molecule has 2 aliphatic carbocycles. The second-order valence-electron chi connectivity index (χ2n) is 9.61. The van der Waals surface area contributed by atoms with E-state index in [2.05, 4.69) is 5.32 Å². The summed E-state index contributed by atoms with van der Waals surface area (Å²) >= 11 is 0. The SMILES string of the molecule is CC1CC(=O)Nc2cc(C(=O)N(C)CCC3CC3)ccc2N1C(=O)N1CC2CC2C1. The molecular formula is C23H30N4O3. The summed E-state index contributed by atoms with van der Waals surface area (Å²) in [5.74, 6) is 1.89. The Morgan fingerprint density at radius 3 is 2.63 bits per heavy atom. The number of likely N-dealkylation sites (tertiary alicyclic amines) is 1. The number of carbonyl (C=O) groups excluding carboxylic acids is 3. The second kappa shape index (κ2) is 7.29. The standard InChI is InChI=1S/C23H30N4O3/c1-14-9-21(28)24-19-11-16(22(29)25(2)8-7-15-3-4-15)5-6-20(19)27(14)23(30)26-12-17-10-18(17)13-26/h5-6,11,14-15,17-18H,3-4,7-10,12-13H2,1-2H3,(H,24,28). The molecule has 4 amide bonds. The minimum absolute atomic E-state index is 0.0342. The number of amides is 4. The lowest BCUT2D eigenvalue weighted by Crippen LogP contribution is -2.47. The summed E-state index contributed by atoms with van der Waals surface area (Å²) in [5, 5.41) is 2.92. The van der Waals surface area contributed by atoms with Gasteiger partial charge in [0.15, 0.2) is 0 Å². The molecule has 2 aliphatic heterocycles. The first kappa shape index (κ1) is 19.4. The van der Waals surface area contributed by atoms with Gasteiger partial charge in [0.25, 0.3) is 5.91 Å². The molecule has 3 unspecified atom stereocenters. The van der Waals surface area contributed by atoms with Crippen LogP contribution in [0.25, 0.3) is 0 Å². The van der Waals surface area contributed by atoms with Crippen molar-refractivity contribution in [2.75, 3.05) is 36.9 Å². The number of benzene rings is 1. The Hall–Kier alpha value is -2.57. The van der Waals surface area contributed by atoms with Crippen molar-refractivity contribution in [3.63, 3.8) is 0 Å². The van der Waals surface area contributed by atoms with E-state index in [0.29, 0.717) is 28.8 Å². The highest BCUT2D eigenvalue weighted by Gasteiger charge is 2.48. The van der Waals surface area contributed by atoms with Crippen LogP contribution in [0.15, 0.2) is 18.2 Å². The van der Waals surface area contributed by atoms with E-state index in [9.17, 15) is 14.4 Å². The van der Waals surface area contributed by atoms with Crippen LogP contribution in [0, 0.1) is 17.8 Å². The molecule has 160 valence electrons. The summed E-state index contributed by atoms with van der Waals surface area (Å²) in [5.41, 5.74) is 1.76. The van der Waals surface area contributed by atoms with Crippen LogP contribution >= 0.6 is 0 Å². The maximum atomic E-state index is 13.3. The molecule has 5 rings (SSSR count). The molecule has 0 spiro atoms. The zero-order chi connectivity index (χ0) is 21.0. The van der Waals surface area contributed by atoms with E-state index in [-0.39, 0.29) is 30.3 Å². The lowest BCUT2D eigenvalue weighted by Gasteiger charge is -2.32. The molecule has 3 fully saturated rings. The van der Waals surface area contributed by atoms with Crippen LogP contribution in [0.3, 0.4) is 0 Å². The van der Waals surface area contributed by atoms with Crippen LogP contribution in [0.5, 0.6) is 0 Å². The summed E-state index contributed by atoms with van der Waals surface area (Å²) in [6.45, 7) is 4.28. The normalized spacial score (nSPS) is 27.1. The number of fused-ring (bicyclic) bond motifs is 2. The van der Waals surface area contributed by atoms with E-state index in [1.807, 2.05) is 24.9 Å². The van der Waals surface area contributed by atoms with E-state index in [0.717, 1.165) is 32.0 Å². The molecule has 0 radical (unpaired) electrons. The third kappa shape index (κ3) is 3.66. The second-order valence-corrected chi connectivity index (χ2v) is 9.61. The van der Waals surface area contributed by atoms with Gasteiger partial charge in [-0.15, -0.1) is 0 Å². The molecule has 1 aromatic carbocycles. The fraction of sp³-hybridized carbons (Fsp3) is 0.609. The highest BCUT2D eigenvalue weighted by Crippen LogP contribution is 2.46. The molecule has 0 aromatic heterocycles. The Morgan fingerprint density at radius 2 is 1.93 bits per heavy atom. The molecule has 0 bridgehead atoms. The molecule has 1 N–H and O–H groups in total. The molecule has 7 heteroatoms. The Balaban J connectivity index is 1.39. The summed E-state index contributed by atoms with van der Waals surface area (Å²) in [6, 6.07) is 5.05. The first-order valence-electron chi connectivity index (χ1n) is 11.2. The Kier molecular flexibility index (Phi) is 4.71. The average Bonchev–Trinajstić information content (AvgIpc) is 3.65. The van der Waals surface area contributed by atoms with Gasteiger partial charge in [0, 0.05) is 44.7 Å². The number of nitrogens with one attached hydrogen (secondary N) is 1. The molecule has 2 saturated carbocycles. The minimum Gasteiger partial charge on any atom is -0.342 e. The first-order valence-corrected chi connectivity index (χ1v) is 11.2. The van der Waals surface area contributed by atoms with Gasteiger partial charge in [0.1, 0.15) is 0 Å². The number of rotatable bonds is 4. The van der Waals surface area contributed by atoms with Crippen molar-refractivity contribution >= 4 is 29.2 Å². The lowest BCUT2D eigenvalue weighted by atomic mass is 10.1. The number of nitrogens with zero attached hydrogens (tertiary/aromatic N) is 3. The number of piperidine rings is 1. The molecule has 4 aliphatic rings. The van der Waals surface area contributed by atoms with Gasteiger partial charge in [-0.05, 0) is 55.7 Å². The Morgan fingerprint density at radius 1 is 1.20 bits per heavy atom. The van der Waals surface area contributed by atoms with Gasteiger partial charge in [-0.25, -0.2) is 4.79 Å². The molecule has 2 heterocycles. The zero-order valence-electron chi connectivity index (χ0n) is 17.8. The van der Waals surface area contributed by atoms with Crippen molar-refractivity contribution in [1.29, 1.82) is 0 Å². The highest BCUT2D eigenvalue weighted by molar-refractivity contribution is 6.06. The van der Waals surface area contributed by atoms with Crippen LogP contribution < -0.4 is 10.2 Å². The molecule has 1 aromatic rings. The topological polar surface area (TPSA) is 73.0 Å². The third-order valence-corrected chi connectivity index (χ3v) is 7.07. The number of anilines is 2. The van der Waals surface area contributed by atoms with Crippen molar-refractivity contribution < 1.29 is 14.4 Å². The molecular weight excluding hydrogens is 380 g/mol. The van der Waals surface area contributed by atoms with Gasteiger partial charge in [-0.3, -0.25) is 14.5 Å². The number of hydrogen-bond donors (Lipinski definition) is 1. The van der Waals surface area contributed by atoms with Crippen LogP contribution in [0.2, 0.25) is 0 Å². The van der Waals surface area contributed by atoms with Crippen LogP contribution in [-0.2, 0) is 4.79 Å². The lowest BCUT2D eigenvalue weighted by molar-refractivity contribution is -0.116. The number of carbonyl (C=O) groups is 3. The van der Waals surface area contributed by atoms with Crippen LogP contribution in [0.1, 0.15) is 49.4 Å². The Bertz CT molecular complexity index is 886. The minimum atomic E-state index is -0.238. The number of hydrogen-bond acceptors (Lipinski definition) is 3. The predicted octanol–water partition coefficient (Wildman–Crippen LogP) is 3.17. The van der Waals surface area contributed by atoms with E-state index in [1.165, 1.54) is 19.3 Å². The van der Waals surface area contributed by atoms with Crippen LogP contribution in [0.4, 0.5) is 16.2 Å². The van der Waals surface area contributed by atoms with Crippen molar-refractivity contribution in [2.24, 2.45) is 17.8 Å². The van der Waals surface area contributed by atoms with E-state index >= 15 is 0 Å². The van der Waals surface area contributed by atoms with Crippen LogP contribution in [-0.4, -0.2) is 60.4 Å². The summed E-state index contributed by atoms with van der Waals surface area (Å²) in [7, 11) is 1.82. The maximum Gasteiger partial charge on any atom is 0.324 e. The molecule has 3 atom stereocenters. The largest absolute Gasteiger partial charge is 0.342 e. The quantitative estimate of drug-likeness (QED) is 0.829. The predicted molar refractivity (Wildman–Crippen MR) is 114 cm³/mol. The fourth-order valence-electron chi connectivity index (χ4n) is 4.88. The van der Waals surface area contributed by atoms with E-state index in [1.54, 1.807) is 21.9 Å². The molecule has 7 nitrogen and oxygen atoms in total. The molecule has 30 heavy (non-hydrogen) atoms. The average molecular weight is 411 g/mol. The summed E-state index contributed by atoms with van der Waals surface area (Å²) in [4.78, 5) is 44.1. The zero-order valence-corrected chi connectivity index (χ0v) is 17.8. The van der Waals surface area contributed by atoms with Crippen molar-refractivity contribution in [3.8, 4) is 0 Å². The summed E-state index contributed by atoms with van der Waals surface area (Å²) in [6.07, 6.45) is 5.06. The maximum absolute atomic E-state index is 13.3. The first-order chi connectivity index (χ1) is 14.4. The smallest absolute Gasteiger partial charge is 0.324 e.